The van der Waals surface area contributed by atoms with E-state index in [-0.39, 0.29) is 12.1 Å². The van der Waals surface area contributed by atoms with Gasteiger partial charge in [-0.25, -0.2) is 0 Å². The molecule has 4 nitrogen and oxygen atoms in total. The lowest BCUT2D eigenvalue weighted by Crippen LogP contribution is -2.41. The molecule has 6 rings (SSSR count). The predicted molar refractivity (Wildman–Crippen MR) is 113 cm³/mol. The summed E-state index contributed by atoms with van der Waals surface area (Å²) in [5, 5.41) is 6.07. The predicted octanol–water partition coefficient (Wildman–Crippen LogP) is 5.49. The van der Waals surface area contributed by atoms with Crippen LogP contribution in [-0.4, -0.2) is 15.8 Å². The number of carbonyl (C=O) groups excluding carboxylic acids is 1. The summed E-state index contributed by atoms with van der Waals surface area (Å²) >= 11 is 0. The number of carbonyl (C=O) groups is 1. The second kappa shape index (κ2) is 5.26. The molecule has 3 heterocycles. The van der Waals surface area contributed by atoms with E-state index in [9.17, 15) is 4.79 Å². The lowest BCUT2D eigenvalue weighted by atomic mass is 9.87. The first-order valence-electron chi connectivity index (χ1n) is 9.55. The summed E-state index contributed by atoms with van der Waals surface area (Å²) < 4.78 is 0. The Hall–Kier alpha value is -3.53. The Balaban J connectivity index is 1.68. The van der Waals surface area contributed by atoms with Gasteiger partial charge in [0.25, 0.3) is 5.91 Å². The van der Waals surface area contributed by atoms with E-state index in [0.29, 0.717) is 0 Å². The fourth-order valence-electron chi connectivity index (χ4n) is 4.84. The molecule has 0 saturated carbocycles. The molecule has 0 bridgehead atoms. The van der Waals surface area contributed by atoms with E-state index in [4.69, 9.17) is 0 Å². The Bertz CT molecular complexity index is 1350. The van der Waals surface area contributed by atoms with E-state index >= 15 is 0 Å². The third kappa shape index (κ3) is 1.82. The van der Waals surface area contributed by atoms with Crippen molar-refractivity contribution in [2.75, 3.05) is 5.32 Å². The maximum atomic E-state index is 13.1. The van der Waals surface area contributed by atoms with Gasteiger partial charge in [0.15, 0.2) is 0 Å². The van der Waals surface area contributed by atoms with Crippen LogP contribution in [-0.2, 0) is 0 Å². The molecule has 136 valence electrons. The minimum Gasteiger partial charge on any atom is -0.360 e. The number of hydrogen-bond acceptors (Lipinski definition) is 2. The first-order valence-corrected chi connectivity index (χ1v) is 9.55. The van der Waals surface area contributed by atoms with Gasteiger partial charge in [-0.1, -0.05) is 30.3 Å². The van der Waals surface area contributed by atoms with Crippen LogP contribution in [0, 0.1) is 13.8 Å². The molecular weight excluding hydrogens is 346 g/mol. The quantitative estimate of drug-likeness (QED) is 0.433. The first kappa shape index (κ1) is 15.5. The summed E-state index contributed by atoms with van der Waals surface area (Å²) in [6, 6.07) is 16.2. The maximum absolute atomic E-state index is 13.1. The van der Waals surface area contributed by atoms with Crippen molar-refractivity contribution in [3.8, 4) is 0 Å². The molecule has 2 aliphatic heterocycles. The van der Waals surface area contributed by atoms with Gasteiger partial charge in [0.05, 0.1) is 11.1 Å². The molecule has 2 aliphatic rings. The van der Waals surface area contributed by atoms with Crippen LogP contribution in [0.1, 0.15) is 38.8 Å². The molecule has 4 heteroatoms. The summed E-state index contributed by atoms with van der Waals surface area (Å²) in [5.41, 5.74) is 8.74. The third-order valence-electron chi connectivity index (χ3n) is 6.19. The number of para-hydroxylation sites is 2. The zero-order chi connectivity index (χ0) is 19.0. The van der Waals surface area contributed by atoms with Crippen LogP contribution in [0.15, 0.2) is 54.7 Å². The molecule has 0 spiro atoms. The van der Waals surface area contributed by atoms with E-state index in [0.717, 1.165) is 16.8 Å². The van der Waals surface area contributed by atoms with E-state index < -0.39 is 0 Å². The first-order chi connectivity index (χ1) is 13.6. The van der Waals surface area contributed by atoms with Gasteiger partial charge in [-0.05, 0) is 54.8 Å². The van der Waals surface area contributed by atoms with Crippen molar-refractivity contribution in [3.05, 3.63) is 82.5 Å². The molecule has 1 atom stereocenters. The van der Waals surface area contributed by atoms with E-state index in [1.54, 1.807) is 0 Å². The molecule has 0 saturated heterocycles. The Kier molecular flexibility index (Phi) is 2.91. The molecule has 0 radical (unpaired) electrons. The number of anilines is 1. The van der Waals surface area contributed by atoms with Crippen molar-refractivity contribution in [1.29, 1.82) is 0 Å². The molecule has 1 unspecified atom stereocenters. The van der Waals surface area contributed by atoms with Crippen LogP contribution in [0.5, 0.6) is 0 Å². The number of nitrogens with zero attached hydrogens (tertiary/aromatic N) is 1. The number of nitrogens with one attached hydrogen (secondary N) is 2. The van der Waals surface area contributed by atoms with Gasteiger partial charge < -0.3 is 10.3 Å². The summed E-state index contributed by atoms with van der Waals surface area (Å²) in [6.07, 6.45) is 3.80. The highest BCUT2D eigenvalue weighted by Crippen LogP contribution is 2.44. The van der Waals surface area contributed by atoms with Crippen molar-refractivity contribution in [3.63, 3.8) is 0 Å². The fourth-order valence-corrected chi connectivity index (χ4v) is 4.84. The summed E-state index contributed by atoms with van der Waals surface area (Å²) in [4.78, 5) is 18.5. The zero-order valence-corrected chi connectivity index (χ0v) is 15.7. The Morgan fingerprint density at radius 1 is 0.964 bits per heavy atom. The molecule has 1 aromatic heterocycles. The number of aromatic amines is 1. The molecule has 28 heavy (non-hydrogen) atoms. The number of H-pyrrole nitrogens is 1. The lowest BCUT2D eigenvalue weighted by molar-refractivity contribution is 0.0769. The molecule has 1 amide bonds. The monoisotopic (exact) mass is 365 g/mol. The van der Waals surface area contributed by atoms with Crippen molar-refractivity contribution < 1.29 is 4.79 Å². The van der Waals surface area contributed by atoms with Gasteiger partial charge >= 0.3 is 0 Å². The van der Waals surface area contributed by atoms with Crippen molar-refractivity contribution in [1.82, 2.24) is 9.88 Å². The number of rotatable bonds is 0. The van der Waals surface area contributed by atoms with Gasteiger partial charge in [0.1, 0.15) is 6.17 Å². The average molecular weight is 365 g/mol. The second-order valence-electron chi connectivity index (χ2n) is 7.62. The number of fused-ring (bicyclic) bond motifs is 7. The molecule has 0 fully saturated rings. The summed E-state index contributed by atoms with van der Waals surface area (Å²) in [7, 11) is 0. The normalized spacial score (nSPS) is 17.4. The number of amides is 1. The van der Waals surface area contributed by atoms with Gasteiger partial charge in [0, 0.05) is 33.7 Å². The van der Waals surface area contributed by atoms with E-state index in [1.165, 1.54) is 38.5 Å². The van der Waals surface area contributed by atoms with Gasteiger partial charge in [-0.3, -0.25) is 9.69 Å². The number of hydrogen-bond donors (Lipinski definition) is 2. The van der Waals surface area contributed by atoms with Crippen LogP contribution < -0.4 is 5.32 Å². The Morgan fingerprint density at radius 2 is 1.75 bits per heavy atom. The van der Waals surface area contributed by atoms with Crippen LogP contribution in [0.2, 0.25) is 0 Å². The number of aryl methyl sites for hydroxylation is 2. The van der Waals surface area contributed by atoms with Gasteiger partial charge in [0.2, 0.25) is 0 Å². The van der Waals surface area contributed by atoms with E-state index in [2.05, 4.69) is 54.5 Å². The number of aromatic nitrogens is 1. The highest BCUT2D eigenvalue weighted by Gasteiger charge is 2.36. The van der Waals surface area contributed by atoms with Gasteiger partial charge in [-0.2, -0.15) is 0 Å². The highest BCUT2D eigenvalue weighted by molar-refractivity contribution is 6.12. The summed E-state index contributed by atoms with van der Waals surface area (Å²) in [6.45, 7) is 4.33. The molecular formula is C24H19N3O. The third-order valence-corrected chi connectivity index (χ3v) is 6.19. The SMILES string of the molecule is Cc1c2c(c(C)c3c1[nH]c1ccccc13)C1Nc3ccccc3C(=O)N1C=C2. The fraction of sp³-hybridized carbons (Fsp3) is 0.125. The molecule has 4 aromatic rings. The Morgan fingerprint density at radius 3 is 2.64 bits per heavy atom. The van der Waals surface area contributed by atoms with Crippen molar-refractivity contribution in [2.24, 2.45) is 0 Å². The number of benzene rings is 3. The topological polar surface area (TPSA) is 48.1 Å². The van der Waals surface area contributed by atoms with Crippen molar-refractivity contribution in [2.45, 2.75) is 20.0 Å². The Labute approximate surface area is 162 Å². The van der Waals surface area contributed by atoms with Crippen LogP contribution in [0.4, 0.5) is 5.69 Å². The minimum atomic E-state index is -0.195. The van der Waals surface area contributed by atoms with Crippen LogP contribution in [0.25, 0.3) is 27.9 Å². The largest absolute Gasteiger partial charge is 0.360 e. The molecule has 2 N–H and O–H groups in total. The second-order valence-corrected chi connectivity index (χ2v) is 7.62. The summed E-state index contributed by atoms with van der Waals surface area (Å²) in [5.74, 6) is 0.0392. The van der Waals surface area contributed by atoms with Crippen LogP contribution in [0.3, 0.4) is 0 Å². The van der Waals surface area contributed by atoms with Gasteiger partial charge in [-0.15, -0.1) is 0 Å². The standard InChI is InChI=1S/C24H19N3O/c1-13-15-11-12-27-23(26-19-10-6-4-8-17(19)24(27)28)21(15)14(2)20-16-7-3-5-9-18(16)25-22(13)20/h3-12,23,25-26H,1-2H3. The highest BCUT2D eigenvalue weighted by atomic mass is 16.2. The minimum absolute atomic E-state index is 0.0392. The van der Waals surface area contributed by atoms with Crippen LogP contribution >= 0.6 is 0 Å². The van der Waals surface area contributed by atoms with Crippen molar-refractivity contribution >= 4 is 39.5 Å². The molecule has 3 aromatic carbocycles. The lowest BCUT2D eigenvalue weighted by Gasteiger charge is -2.40. The smallest absolute Gasteiger partial charge is 0.261 e. The molecule has 0 aliphatic carbocycles. The van der Waals surface area contributed by atoms with E-state index in [1.807, 2.05) is 35.4 Å². The average Bonchev–Trinajstić information content (AvgIpc) is 3.12. The maximum Gasteiger partial charge on any atom is 0.261 e. The zero-order valence-electron chi connectivity index (χ0n) is 15.7.